The molecule has 1 aromatic carbocycles. The van der Waals surface area contributed by atoms with Gasteiger partial charge in [0.1, 0.15) is 11.8 Å². The van der Waals surface area contributed by atoms with Crippen molar-refractivity contribution in [2.45, 2.75) is 51.4 Å². The molecular formula is C25H31N5O2. The molecule has 0 saturated carbocycles. The molecule has 0 bridgehead atoms. The number of H-pyrrole nitrogens is 1. The van der Waals surface area contributed by atoms with Gasteiger partial charge in [0.05, 0.1) is 6.20 Å². The van der Waals surface area contributed by atoms with Crippen LogP contribution in [0, 0.1) is 16.7 Å². The number of rotatable bonds is 5. The first kappa shape index (κ1) is 22.3. The quantitative estimate of drug-likeness (QED) is 0.655. The normalized spacial score (nSPS) is 19.6. The molecule has 1 aliphatic heterocycles. The number of carbonyl (C=O) groups excluding carboxylic acids is 1. The highest BCUT2D eigenvalue weighted by molar-refractivity contribution is 6.03. The van der Waals surface area contributed by atoms with Gasteiger partial charge >= 0.3 is 0 Å². The number of aromatic nitrogens is 2. The van der Waals surface area contributed by atoms with Crippen LogP contribution in [0.5, 0.6) is 0 Å². The first-order valence-corrected chi connectivity index (χ1v) is 11.2. The van der Waals surface area contributed by atoms with Crippen LogP contribution in [-0.2, 0) is 10.2 Å². The van der Waals surface area contributed by atoms with Crippen LogP contribution < -0.4 is 11.1 Å². The molecule has 7 heteroatoms. The van der Waals surface area contributed by atoms with Gasteiger partial charge in [-0.2, -0.15) is 5.26 Å². The van der Waals surface area contributed by atoms with Crippen molar-refractivity contribution < 1.29 is 9.53 Å². The number of nitrogens with two attached hydrogens (primary N) is 1. The second-order valence-corrected chi connectivity index (χ2v) is 9.67. The number of nitriles is 1. The van der Waals surface area contributed by atoms with E-state index in [0.717, 1.165) is 43.4 Å². The zero-order chi connectivity index (χ0) is 22.8. The number of amides is 1. The Morgan fingerprint density at radius 3 is 2.72 bits per heavy atom. The first-order valence-electron chi connectivity index (χ1n) is 11.2. The van der Waals surface area contributed by atoms with Gasteiger partial charge in [0.25, 0.3) is 5.91 Å². The fraction of sp³-hybridized carbons (Fsp3) is 0.480. The average Bonchev–Trinajstić information content (AvgIpc) is 3.29. The van der Waals surface area contributed by atoms with Crippen molar-refractivity contribution in [2.24, 2.45) is 11.1 Å². The second-order valence-electron chi connectivity index (χ2n) is 9.67. The minimum absolute atomic E-state index is 0.104. The van der Waals surface area contributed by atoms with E-state index in [-0.39, 0.29) is 28.3 Å². The fourth-order valence-electron chi connectivity index (χ4n) is 4.62. The van der Waals surface area contributed by atoms with Gasteiger partial charge in [-0.3, -0.25) is 4.79 Å². The SMILES string of the molecule is CC1(C)CC=C(c2cc(C3(CN)CCOCC3)ccc2NC(=O)c2ncc(C#N)[nH]2)CC1. The Balaban J connectivity index is 1.71. The molecule has 32 heavy (non-hydrogen) atoms. The summed E-state index contributed by atoms with van der Waals surface area (Å²) in [6.45, 7) is 6.56. The number of nitrogens with zero attached hydrogens (tertiary/aromatic N) is 2. The van der Waals surface area contributed by atoms with E-state index in [1.165, 1.54) is 17.3 Å². The number of hydrogen-bond donors (Lipinski definition) is 3. The van der Waals surface area contributed by atoms with Crippen LogP contribution in [0.2, 0.25) is 0 Å². The Bertz CT molecular complexity index is 1070. The summed E-state index contributed by atoms with van der Waals surface area (Å²) < 4.78 is 5.60. The highest BCUT2D eigenvalue weighted by atomic mass is 16.5. The van der Waals surface area contributed by atoms with Crippen molar-refractivity contribution in [2.75, 3.05) is 25.1 Å². The number of allylic oxidation sites excluding steroid dienone is 2. The third-order valence-electron chi connectivity index (χ3n) is 6.95. The number of carbonyl (C=O) groups is 1. The van der Waals surface area contributed by atoms with Gasteiger partial charge in [-0.15, -0.1) is 0 Å². The predicted molar refractivity (Wildman–Crippen MR) is 124 cm³/mol. The molecule has 1 aromatic heterocycles. The smallest absolute Gasteiger partial charge is 0.291 e. The molecule has 168 valence electrons. The Labute approximate surface area is 189 Å². The van der Waals surface area contributed by atoms with Crippen LogP contribution in [0.3, 0.4) is 0 Å². The molecule has 4 N–H and O–H groups in total. The second kappa shape index (κ2) is 8.89. The van der Waals surface area contributed by atoms with Gasteiger partial charge in [-0.1, -0.05) is 26.0 Å². The largest absolute Gasteiger partial charge is 0.381 e. The lowest BCUT2D eigenvalue weighted by Crippen LogP contribution is -2.40. The molecule has 4 rings (SSSR count). The van der Waals surface area contributed by atoms with E-state index in [1.54, 1.807) is 0 Å². The van der Waals surface area contributed by atoms with Crippen LogP contribution in [0.25, 0.3) is 5.57 Å². The van der Waals surface area contributed by atoms with Crippen molar-refractivity contribution in [1.82, 2.24) is 9.97 Å². The molecule has 1 saturated heterocycles. The Kier molecular flexibility index (Phi) is 6.18. The molecule has 2 heterocycles. The summed E-state index contributed by atoms with van der Waals surface area (Å²) in [5.41, 5.74) is 10.9. The molecule has 0 spiro atoms. The summed E-state index contributed by atoms with van der Waals surface area (Å²) in [5.74, 6) is -0.241. The Morgan fingerprint density at radius 2 is 2.09 bits per heavy atom. The lowest BCUT2D eigenvalue weighted by molar-refractivity contribution is 0.0529. The van der Waals surface area contributed by atoms with Gasteiger partial charge < -0.3 is 20.8 Å². The van der Waals surface area contributed by atoms with Crippen molar-refractivity contribution in [1.29, 1.82) is 5.26 Å². The van der Waals surface area contributed by atoms with Crippen LogP contribution >= 0.6 is 0 Å². The molecule has 1 fully saturated rings. The molecule has 0 radical (unpaired) electrons. The minimum Gasteiger partial charge on any atom is -0.381 e. The molecule has 2 aliphatic rings. The van der Waals surface area contributed by atoms with E-state index in [1.807, 2.05) is 12.1 Å². The van der Waals surface area contributed by atoms with Crippen molar-refractivity contribution in [3.05, 3.63) is 53.1 Å². The molecular weight excluding hydrogens is 402 g/mol. The maximum absolute atomic E-state index is 12.8. The molecule has 1 aliphatic carbocycles. The highest BCUT2D eigenvalue weighted by Gasteiger charge is 2.34. The third kappa shape index (κ3) is 4.47. The van der Waals surface area contributed by atoms with E-state index in [0.29, 0.717) is 19.8 Å². The van der Waals surface area contributed by atoms with E-state index in [4.69, 9.17) is 15.7 Å². The number of anilines is 1. The molecule has 0 atom stereocenters. The lowest BCUT2D eigenvalue weighted by Gasteiger charge is -2.37. The van der Waals surface area contributed by atoms with Crippen molar-refractivity contribution in [3.8, 4) is 6.07 Å². The van der Waals surface area contributed by atoms with Crippen LogP contribution in [0.4, 0.5) is 5.69 Å². The van der Waals surface area contributed by atoms with Gasteiger partial charge in [0, 0.05) is 36.4 Å². The Hall–Kier alpha value is -2.95. The van der Waals surface area contributed by atoms with Crippen LogP contribution in [0.15, 0.2) is 30.5 Å². The van der Waals surface area contributed by atoms with E-state index in [2.05, 4.69) is 47.3 Å². The zero-order valence-electron chi connectivity index (χ0n) is 18.8. The standard InChI is InChI=1S/C25H31N5O2/c1-24(2)7-5-17(6-8-24)20-13-18(25(16-27)9-11-32-12-10-25)3-4-21(20)30-23(31)22-28-15-19(14-26)29-22/h3-5,13,15H,6-12,16,27H2,1-2H3,(H,28,29)(H,30,31). The molecule has 1 amide bonds. The maximum Gasteiger partial charge on any atom is 0.291 e. The fourth-order valence-corrected chi connectivity index (χ4v) is 4.62. The Morgan fingerprint density at radius 1 is 1.31 bits per heavy atom. The summed E-state index contributed by atoms with van der Waals surface area (Å²) in [7, 11) is 0. The van der Waals surface area contributed by atoms with Gasteiger partial charge in [-0.05, 0) is 60.8 Å². The van der Waals surface area contributed by atoms with Gasteiger partial charge in [0.2, 0.25) is 0 Å². The van der Waals surface area contributed by atoms with Gasteiger partial charge in [-0.25, -0.2) is 4.98 Å². The number of ether oxygens (including phenoxy) is 1. The number of imidazole rings is 1. The van der Waals surface area contributed by atoms with Crippen molar-refractivity contribution in [3.63, 3.8) is 0 Å². The summed E-state index contributed by atoms with van der Waals surface area (Å²) in [6, 6.07) is 8.22. The van der Waals surface area contributed by atoms with Crippen LogP contribution in [0.1, 0.15) is 73.4 Å². The van der Waals surface area contributed by atoms with Crippen molar-refractivity contribution >= 4 is 17.2 Å². The first-order chi connectivity index (χ1) is 15.4. The molecule has 2 aromatic rings. The van der Waals surface area contributed by atoms with Gasteiger partial charge in [0.15, 0.2) is 5.82 Å². The molecule has 0 unspecified atom stereocenters. The number of benzene rings is 1. The monoisotopic (exact) mass is 433 g/mol. The van der Waals surface area contributed by atoms with E-state index >= 15 is 0 Å². The number of hydrogen-bond acceptors (Lipinski definition) is 5. The maximum atomic E-state index is 12.8. The van der Waals surface area contributed by atoms with E-state index in [9.17, 15) is 4.79 Å². The van der Waals surface area contributed by atoms with E-state index < -0.39 is 0 Å². The number of aromatic amines is 1. The number of nitrogens with one attached hydrogen (secondary N) is 2. The summed E-state index contributed by atoms with van der Waals surface area (Å²) in [6.07, 6.45) is 8.50. The molecule has 7 nitrogen and oxygen atoms in total. The average molecular weight is 434 g/mol. The minimum atomic E-state index is -0.364. The predicted octanol–water partition coefficient (Wildman–Crippen LogP) is 4.13. The highest BCUT2D eigenvalue weighted by Crippen LogP contribution is 2.42. The van der Waals surface area contributed by atoms with Crippen LogP contribution in [-0.4, -0.2) is 35.6 Å². The third-order valence-corrected chi connectivity index (χ3v) is 6.95. The summed E-state index contributed by atoms with van der Waals surface area (Å²) in [4.78, 5) is 19.6. The lowest BCUT2D eigenvalue weighted by atomic mass is 9.72. The topological polar surface area (TPSA) is 117 Å². The summed E-state index contributed by atoms with van der Waals surface area (Å²) in [5, 5.41) is 12.0. The summed E-state index contributed by atoms with van der Waals surface area (Å²) >= 11 is 0. The zero-order valence-corrected chi connectivity index (χ0v) is 18.8.